The van der Waals surface area contributed by atoms with E-state index in [0.29, 0.717) is 19.1 Å². The summed E-state index contributed by atoms with van der Waals surface area (Å²) in [4.78, 5) is 0. The van der Waals surface area contributed by atoms with Crippen LogP contribution in [0.1, 0.15) is 12.5 Å². The largest absolute Gasteiger partial charge is 0.493 e. The first-order chi connectivity index (χ1) is 9.74. The van der Waals surface area contributed by atoms with Gasteiger partial charge in [0.15, 0.2) is 11.5 Å². The van der Waals surface area contributed by atoms with Crippen LogP contribution in [0.5, 0.6) is 11.5 Å². The molecule has 1 aromatic rings. The van der Waals surface area contributed by atoms with Gasteiger partial charge in [-0.1, -0.05) is 6.07 Å². The van der Waals surface area contributed by atoms with Crippen LogP contribution < -0.4 is 20.1 Å². The van der Waals surface area contributed by atoms with Crippen LogP contribution >= 0.6 is 0 Å². The molecule has 0 radical (unpaired) electrons. The molecule has 20 heavy (non-hydrogen) atoms. The highest BCUT2D eigenvalue weighted by molar-refractivity contribution is 5.42. The second-order valence-electron chi connectivity index (χ2n) is 5.03. The van der Waals surface area contributed by atoms with Crippen LogP contribution in [-0.2, 0) is 6.54 Å². The van der Waals surface area contributed by atoms with E-state index in [-0.39, 0.29) is 6.10 Å². The topological polar surface area (TPSA) is 62.8 Å². The van der Waals surface area contributed by atoms with Crippen molar-refractivity contribution in [3.8, 4) is 11.5 Å². The third-order valence-corrected chi connectivity index (χ3v) is 3.57. The number of benzene rings is 1. The third-order valence-electron chi connectivity index (χ3n) is 3.57. The Bertz CT molecular complexity index is 426. The van der Waals surface area contributed by atoms with E-state index in [9.17, 15) is 5.11 Å². The molecule has 1 aliphatic heterocycles. The Morgan fingerprint density at radius 2 is 2.20 bits per heavy atom. The summed E-state index contributed by atoms with van der Waals surface area (Å²) < 4.78 is 10.8. The summed E-state index contributed by atoms with van der Waals surface area (Å²) >= 11 is 0. The van der Waals surface area contributed by atoms with Crippen molar-refractivity contribution in [2.45, 2.75) is 19.6 Å². The van der Waals surface area contributed by atoms with Crippen LogP contribution in [-0.4, -0.2) is 44.6 Å². The minimum Gasteiger partial charge on any atom is -0.493 e. The molecule has 0 aliphatic carbocycles. The Morgan fingerprint density at radius 3 is 2.85 bits per heavy atom. The highest BCUT2D eigenvalue weighted by Crippen LogP contribution is 2.27. The molecule has 0 bridgehead atoms. The molecule has 2 atom stereocenters. The van der Waals surface area contributed by atoms with Crippen LogP contribution in [0.2, 0.25) is 0 Å². The number of methoxy groups -OCH3 is 1. The minimum atomic E-state index is -0.239. The molecule has 1 heterocycles. The van der Waals surface area contributed by atoms with E-state index in [1.54, 1.807) is 7.11 Å². The predicted molar refractivity (Wildman–Crippen MR) is 78.2 cm³/mol. The fourth-order valence-electron chi connectivity index (χ4n) is 2.43. The Labute approximate surface area is 120 Å². The zero-order valence-electron chi connectivity index (χ0n) is 12.2. The zero-order chi connectivity index (χ0) is 14.4. The smallest absolute Gasteiger partial charge is 0.161 e. The van der Waals surface area contributed by atoms with Crippen molar-refractivity contribution in [1.29, 1.82) is 0 Å². The second kappa shape index (κ2) is 7.47. The lowest BCUT2D eigenvalue weighted by molar-refractivity contribution is 0.146. The number of β-amino-alcohol motifs (C(OH)–C–C–N with tert-alkyl or cyclic N) is 1. The number of ether oxygens (including phenoxy) is 2. The van der Waals surface area contributed by atoms with Crippen LogP contribution in [0.15, 0.2) is 18.2 Å². The quantitative estimate of drug-likeness (QED) is 0.688. The molecule has 1 aromatic carbocycles. The summed E-state index contributed by atoms with van der Waals surface area (Å²) in [5.74, 6) is 1.82. The second-order valence-corrected chi connectivity index (χ2v) is 5.03. The minimum absolute atomic E-state index is 0.239. The molecule has 0 saturated carbocycles. The fraction of sp³-hybridized carbons (Fsp3) is 0.600. The summed E-state index contributed by atoms with van der Waals surface area (Å²) in [5, 5.41) is 16.3. The van der Waals surface area contributed by atoms with Gasteiger partial charge in [0.2, 0.25) is 0 Å². The average molecular weight is 280 g/mol. The van der Waals surface area contributed by atoms with Gasteiger partial charge in [0, 0.05) is 32.1 Å². The molecule has 0 amide bonds. The fourth-order valence-corrected chi connectivity index (χ4v) is 2.43. The van der Waals surface area contributed by atoms with E-state index in [4.69, 9.17) is 9.47 Å². The first-order valence-electron chi connectivity index (χ1n) is 7.13. The molecule has 5 heteroatoms. The standard InChI is InChI=1S/C15H24N2O3/c1-3-20-14-5-4-11(6-15(14)19-2)7-16-8-12-9-17-10-13(12)18/h4-6,12-13,16-18H,3,7-10H2,1-2H3. The van der Waals surface area contributed by atoms with Crippen LogP contribution in [0, 0.1) is 5.92 Å². The number of nitrogens with one attached hydrogen (secondary N) is 2. The Balaban J connectivity index is 1.86. The molecule has 5 nitrogen and oxygen atoms in total. The maximum absolute atomic E-state index is 9.72. The number of hydrogen-bond acceptors (Lipinski definition) is 5. The molecule has 3 N–H and O–H groups in total. The van der Waals surface area contributed by atoms with Crippen LogP contribution in [0.25, 0.3) is 0 Å². The van der Waals surface area contributed by atoms with Gasteiger partial charge in [-0.05, 0) is 24.6 Å². The highest BCUT2D eigenvalue weighted by atomic mass is 16.5. The third kappa shape index (κ3) is 3.85. The number of rotatable bonds is 7. The van der Waals surface area contributed by atoms with Crippen molar-refractivity contribution in [3.05, 3.63) is 23.8 Å². The van der Waals surface area contributed by atoms with Crippen molar-refractivity contribution < 1.29 is 14.6 Å². The first kappa shape index (κ1) is 15.1. The molecule has 2 rings (SSSR count). The van der Waals surface area contributed by atoms with E-state index in [1.807, 2.05) is 25.1 Å². The number of aliphatic hydroxyl groups excluding tert-OH is 1. The van der Waals surface area contributed by atoms with Crippen molar-refractivity contribution in [3.63, 3.8) is 0 Å². The molecule has 0 spiro atoms. The SMILES string of the molecule is CCOc1ccc(CNCC2CNCC2O)cc1OC. The molecule has 1 saturated heterocycles. The lowest BCUT2D eigenvalue weighted by Crippen LogP contribution is -2.30. The van der Waals surface area contributed by atoms with Gasteiger partial charge in [0.1, 0.15) is 0 Å². The van der Waals surface area contributed by atoms with Gasteiger partial charge < -0.3 is 25.2 Å². The lowest BCUT2D eigenvalue weighted by atomic mass is 10.1. The molecule has 1 fully saturated rings. The first-order valence-corrected chi connectivity index (χ1v) is 7.13. The number of hydrogen-bond donors (Lipinski definition) is 3. The van der Waals surface area contributed by atoms with Gasteiger partial charge in [0.05, 0.1) is 19.8 Å². The van der Waals surface area contributed by atoms with E-state index >= 15 is 0 Å². The molecule has 2 unspecified atom stereocenters. The summed E-state index contributed by atoms with van der Waals surface area (Å²) in [6, 6.07) is 5.95. The summed E-state index contributed by atoms with van der Waals surface area (Å²) in [5.41, 5.74) is 1.14. The normalized spacial score (nSPS) is 21.9. The average Bonchev–Trinajstić information content (AvgIpc) is 2.86. The maximum Gasteiger partial charge on any atom is 0.161 e. The van der Waals surface area contributed by atoms with Crippen molar-refractivity contribution >= 4 is 0 Å². The lowest BCUT2D eigenvalue weighted by Gasteiger charge is -2.15. The molecule has 1 aliphatic rings. The van der Waals surface area contributed by atoms with Crippen LogP contribution in [0.3, 0.4) is 0 Å². The summed E-state index contributed by atoms with van der Waals surface area (Å²) in [7, 11) is 1.65. The van der Waals surface area contributed by atoms with E-state index < -0.39 is 0 Å². The maximum atomic E-state index is 9.72. The van der Waals surface area contributed by atoms with Gasteiger partial charge in [-0.15, -0.1) is 0 Å². The Morgan fingerprint density at radius 1 is 1.35 bits per heavy atom. The molecule has 0 aromatic heterocycles. The molecular formula is C15H24N2O3. The molecular weight excluding hydrogens is 256 g/mol. The van der Waals surface area contributed by atoms with E-state index in [0.717, 1.165) is 36.7 Å². The van der Waals surface area contributed by atoms with E-state index in [2.05, 4.69) is 10.6 Å². The van der Waals surface area contributed by atoms with Crippen molar-refractivity contribution in [2.75, 3.05) is 33.4 Å². The monoisotopic (exact) mass is 280 g/mol. The van der Waals surface area contributed by atoms with Gasteiger partial charge in [-0.2, -0.15) is 0 Å². The Hall–Kier alpha value is -1.30. The van der Waals surface area contributed by atoms with Gasteiger partial charge in [-0.3, -0.25) is 0 Å². The summed E-state index contributed by atoms with van der Waals surface area (Å²) in [6.45, 7) is 5.72. The van der Waals surface area contributed by atoms with Gasteiger partial charge in [0.25, 0.3) is 0 Å². The van der Waals surface area contributed by atoms with Gasteiger partial charge >= 0.3 is 0 Å². The zero-order valence-corrected chi connectivity index (χ0v) is 12.2. The Kier molecular flexibility index (Phi) is 5.64. The summed E-state index contributed by atoms with van der Waals surface area (Å²) in [6.07, 6.45) is -0.239. The highest BCUT2D eigenvalue weighted by Gasteiger charge is 2.23. The van der Waals surface area contributed by atoms with Gasteiger partial charge in [-0.25, -0.2) is 0 Å². The van der Waals surface area contributed by atoms with Crippen LogP contribution in [0.4, 0.5) is 0 Å². The van der Waals surface area contributed by atoms with E-state index in [1.165, 1.54) is 0 Å². The molecule has 112 valence electrons. The van der Waals surface area contributed by atoms with Crippen molar-refractivity contribution in [1.82, 2.24) is 10.6 Å². The number of aliphatic hydroxyl groups is 1. The predicted octanol–water partition coefficient (Wildman–Crippen LogP) is 0.764. The van der Waals surface area contributed by atoms with Crippen molar-refractivity contribution in [2.24, 2.45) is 5.92 Å².